The lowest BCUT2D eigenvalue weighted by Crippen LogP contribution is -2.18. The van der Waals surface area contributed by atoms with Gasteiger partial charge in [-0.25, -0.2) is 13.8 Å². The van der Waals surface area contributed by atoms with E-state index >= 15 is 0 Å². The minimum absolute atomic E-state index is 0.168. The van der Waals surface area contributed by atoms with E-state index in [0.29, 0.717) is 0 Å². The maximum Gasteiger partial charge on any atom is 0.126 e. The fourth-order valence-corrected chi connectivity index (χ4v) is 2.45. The number of imidazole rings is 1. The highest BCUT2D eigenvalue weighted by molar-refractivity contribution is 5.23. The van der Waals surface area contributed by atoms with Gasteiger partial charge in [0.05, 0.1) is 6.33 Å². The highest BCUT2D eigenvalue weighted by atomic mass is 19.1. The van der Waals surface area contributed by atoms with Crippen LogP contribution in [-0.2, 0) is 13.0 Å². The molecule has 0 radical (unpaired) electrons. The average Bonchev–Trinajstić information content (AvgIpc) is 2.74. The lowest BCUT2D eigenvalue weighted by atomic mass is 9.91. The quantitative estimate of drug-likeness (QED) is 0.741. The number of fused-ring (bicyclic) bond motifs is 1. The number of rotatable bonds is 1. The maximum absolute atomic E-state index is 13.2. The third-order valence-corrected chi connectivity index (χ3v) is 3.32. The first kappa shape index (κ1) is 10.4. The van der Waals surface area contributed by atoms with E-state index in [1.165, 1.54) is 17.8 Å². The van der Waals surface area contributed by atoms with Crippen LogP contribution < -0.4 is 0 Å². The molecule has 3 rings (SSSR count). The summed E-state index contributed by atoms with van der Waals surface area (Å²) < 4.78 is 28.4. The van der Waals surface area contributed by atoms with Crippen molar-refractivity contribution >= 4 is 0 Å². The second-order valence-corrected chi connectivity index (χ2v) is 4.48. The Morgan fingerprint density at radius 3 is 2.71 bits per heavy atom. The van der Waals surface area contributed by atoms with E-state index < -0.39 is 11.6 Å². The molecule has 2 nitrogen and oxygen atoms in total. The second kappa shape index (κ2) is 3.95. The minimum atomic E-state index is -0.503. The highest BCUT2D eigenvalue weighted by Gasteiger charge is 2.20. The standard InChI is InChI=1S/C13H12F2N2/c14-11-3-10(4-12(15)5-11)9-1-2-13-6-16-8-17(13)7-9/h3-6,8-9H,1-2,7H2. The number of benzene rings is 1. The van der Waals surface area contributed by atoms with Gasteiger partial charge in [0.15, 0.2) is 0 Å². The molecular weight excluding hydrogens is 222 g/mol. The molecule has 1 atom stereocenters. The molecule has 0 saturated heterocycles. The van der Waals surface area contributed by atoms with Gasteiger partial charge in [0.25, 0.3) is 0 Å². The molecule has 1 aliphatic heterocycles. The zero-order valence-corrected chi connectivity index (χ0v) is 9.24. The fourth-order valence-electron chi connectivity index (χ4n) is 2.45. The minimum Gasteiger partial charge on any atom is -0.334 e. The van der Waals surface area contributed by atoms with E-state index in [9.17, 15) is 8.78 Å². The predicted octanol–water partition coefficient (Wildman–Crippen LogP) is 2.89. The molecule has 2 aromatic rings. The van der Waals surface area contributed by atoms with Gasteiger partial charge in [-0.05, 0) is 30.5 Å². The van der Waals surface area contributed by atoms with E-state index in [2.05, 4.69) is 9.55 Å². The van der Waals surface area contributed by atoms with Crippen LogP contribution >= 0.6 is 0 Å². The lowest BCUT2D eigenvalue weighted by Gasteiger charge is -2.24. The maximum atomic E-state index is 13.2. The van der Waals surface area contributed by atoms with Crippen molar-refractivity contribution in [3.8, 4) is 0 Å². The molecule has 2 heterocycles. The second-order valence-electron chi connectivity index (χ2n) is 4.48. The monoisotopic (exact) mass is 234 g/mol. The van der Waals surface area contributed by atoms with Crippen LogP contribution in [0.25, 0.3) is 0 Å². The molecule has 1 aromatic heterocycles. The average molecular weight is 234 g/mol. The summed E-state index contributed by atoms with van der Waals surface area (Å²) in [5, 5.41) is 0. The number of halogens is 2. The van der Waals surface area contributed by atoms with Gasteiger partial charge in [-0.3, -0.25) is 0 Å². The summed E-state index contributed by atoms with van der Waals surface area (Å²) in [6.07, 6.45) is 5.44. The van der Waals surface area contributed by atoms with Crippen LogP contribution in [0.1, 0.15) is 23.6 Å². The van der Waals surface area contributed by atoms with Gasteiger partial charge < -0.3 is 4.57 Å². The Kier molecular flexibility index (Phi) is 2.42. The van der Waals surface area contributed by atoms with Gasteiger partial charge in [-0.15, -0.1) is 0 Å². The summed E-state index contributed by atoms with van der Waals surface area (Å²) in [4.78, 5) is 4.08. The van der Waals surface area contributed by atoms with E-state index in [0.717, 1.165) is 31.0 Å². The molecule has 1 aromatic carbocycles. The number of hydrogen-bond acceptors (Lipinski definition) is 1. The molecule has 0 fully saturated rings. The molecule has 1 aliphatic rings. The molecule has 1 unspecified atom stereocenters. The van der Waals surface area contributed by atoms with Crippen molar-refractivity contribution in [1.82, 2.24) is 9.55 Å². The Hall–Kier alpha value is -1.71. The lowest BCUT2D eigenvalue weighted by molar-refractivity contribution is 0.458. The topological polar surface area (TPSA) is 17.8 Å². The third kappa shape index (κ3) is 1.95. The Bertz CT molecular complexity index is 528. The molecule has 0 spiro atoms. The van der Waals surface area contributed by atoms with Crippen molar-refractivity contribution in [2.75, 3.05) is 0 Å². The van der Waals surface area contributed by atoms with Crippen molar-refractivity contribution in [1.29, 1.82) is 0 Å². The zero-order valence-electron chi connectivity index (χ0n) is 9.24. The highest BCUT2D eigenvalue weighted by Crippen LogP contribution is 2.29. The molecular formula is C13H12F2N2. The van der Waals surface area contributed by atoms with Crippen LogP contribution in [0.2, 0.25) is 0 Å². The smallest absolute Gasteiger partial charge is 0.126 e. The van der Waals surface area contributed by atoms with Crippen LogP contribution in [0.5, 0.6) is 0 Å². The van der Waals surface area contributed by atoms with Crippen LogP contribution in [0, 0.1) is 11.6 Å². The summed E-state index contributed by atoms with van der Waals surface area (Å²) in [6.45, 7) is 0.748. The molecule has 0 bridgehead atoms. The number of aromatic nitrogens is 2. The number of hydrogen-bond donors (Lipinski definition) is 0. The molecule has 17 heavy (non-hydrogen) atoms. The first-order valence-electron chi connectivity index (χ1n) is 5.67. The normalized spacial score (nSPS) is 19.1. The molecule has 0 aliphatic carbocycles. The van der Waals surface area contributed by atoms with Gasteiger partial charge in [-0.2, -0.15) is 0 Å². The Labute approximate surface area is 97.9 Å². The van der Waals surface area contributed by atoms with Crippen molar-refractivity contribution in [2.24, 2.45) is 0 Å². The summed E-state index contributed by atoms with van der Waals surface area (Å²) in [7, 11) is 0. The van der Waals surface area contributed by atoms with E-state index in [-0.39, 0.29) is 5.92 Å². The van der Waals surface area contributed by atoms with Crippen LogP contribution in [-0.4, -0.2) is 9.55 Å². The molecule has 88 valence electrons. The first-order chi connectivity index (χ1) is 8.22. The van der Waals surface area contributed by atoms with Gasteiger partial charge in [0.2, 0.25) is 0 Å². The Morgan fingerprint density at radius 1 is 1.18 bits per heavy atom. The predicted molar refractivity (Wildman–Crippen MR) is 59.6 cm³/mol. The zero-order chi connectivity index (χ0) is 11.8. The summed E-state index contributed by atoms with van der Waals surface area (Å²) in [5.74, 6) is -0.838. The third-order valence-electron chi connectivity index (χ3n) is 3.32. The van der Waals surface area contributed by atoms with Gasteiger partial charge in [0, 0.05) is 30.4 Å². The number of aryl methyl sites for hydroxylation is 1. The first-order valence-corrected chi connectivity index (χ1v) is 5.67. The van der Waals surface area contributed by atoms with Crippen molar-refractivity contribution in [3.05, 3.63) is 53.6 Å². The van der Waals surface area contributed by atoms with Gasteiger partial charge in [0.1, 0.15) is 11.6 Å². The summed E-state index contributed by atoms with van der Waals surface area (Å²) in [6, 6.07) is 3.76. The largest absolute Gasteiger partial charge is 0.334 e. The van der Waals surface area contributed by atoms with Gasteiger partial charge >= 0.3 is 0 Å². The van der Waals surface area contributed by atoms with Crippen molar-refractivity contribution in [3.63, 3.8) is 0 Å². The van der Waals surface area contributed by atoms with E-state index in [4.69, 9.17) is 0 Å². The van der Waals surface area contributed by atoms with E-state index in [1.807, 2.05) is 6.20 Å². The summed E-state index contributed by atoms with van der Waals surface area (Å²) >= 11 is 0. The van der Waals surface area contributed by atoms with Crippen LogP contribution in [0.3, 0.4) is 0 Å². The Balaban J connectivity index is 1.91. The summed E-state index contributed by atoms with van der Waals surface area (Å²) in [5.41, 5.74) is 1.93. The Morgan fingerprint density at radius 2 is 1.94 bits per heavy atom. The van der Waals surface area contributed by atoms with Crippen LogP contribution in [0.4, 0.5) is 8.78 Å². The molecule has 0 amide bonds. The SMILES string of the molecule is Fc1cc(F)cc(C2CCc3cncn3C2)c1. The number of nitrogens with zero attached hydrogens (tertiary/aromatic N) is 2. The van der Waals surface area contributed by atoms with Gasteiger partial charge in [-0.1, -0.05) is 0 Å². The molecule has 0 N–H and O–H groups in total. The van der Waals surface area contributed by atoms with E-state index in [1.54, 1.807) is 6.33 Å². The van der Waals surface area contributed by atoms with Crippen LogP contribution in [0.15, 0.2) is 30.7 Å². The fraction of sp³-hybridized carbons (Fsp3) is 0.308. The van der Waals surface area contributed by atoms with Crippen molar-refractivity contribution < 1.29 is 8.78 Å². The van der Waals surface area contributed by atoms with Crippen molar-refractivity contribution in [2.45, 2.75) is 25.3 Å². The molecule has 0 saturated carbocycles. The molecule has 4 heteroatoms.